The number of hydrogen-bond donors (Lipinski definition) is 2. The molecule has 0 radical (unpaired) electrons. The Labute approximate surface area is 87.3 Å². The zero-order valence-electron chi connectivity index (χ0n) is 8.09. The molecule has 76 valence electrons. The van der Waals surface area contributed by atoms with Crippen LogP contribution in [-0.4, -0.2) is 21.3 Å². The first-order valence-electron chi connectivity index (χ1n) is 4.61. The number of nitrogens with zero attached hydrogens (tertiary/aromatic N) is 2. The maximum atomic E-state index is 9.08. The summed E-state index contributed by atoms with van der Waals surface area (Å²) in [5.74, 6) is 0. The van der Waals surface area contributed by atoms with Crippen LogP contribution in [0, 0.1) is 0 Å². The van der Waals surface area contributed by atoms with Gasteiger partial charge in [0.05, 0.1) is 36.7 Å². The maximum absolute atomic E-state index is 9.08. The zero-order chi connectivity index (χ0) is 10.5. The van der Waals surface area contributed by atoms with Crippen LogP contribution in [0.5, 0.6) is 0 Å². The number of para-hydroxylation sites is 1. The van der Waals surface area contributed by atoms with E-state index in [0.29, 0.717) is 0 Å². The summed E-state index contributed by atoms with van der Waals surface area (Å²) in [6, 6.07) is 7.47. The van der Waals surface area contributed by atoms with Gasteiger partial charge in [-0.1, -0.05) is 18.2 Å². The van der Waals surface area contributed by atoms with Gasteiger partial charge in [0.2, 0.25) is 0 Å². The van der Waals surface area contributed by atoms with Gasteiger partial charge in [-0.3, -0.25) is 4.99 Å². The van der Waals surface area contributed by atoms with Gasteiger partial charge in [0.25, 0.3) is 0 Å². The number of rotatable bonds is 3. The fraction of sp³-hybridized carbons (Fsp3) is 0.0909. The minimum absolute atomic E-state index is 0.00348. The molecule has 1 heterocycles. The molecular formula is C11H11N3O. The molecule has 0 amide bonds. The summed E-state index contributed by atoms with van der Waals surface area (Å²) in [6.45, 7) is -0.00348. The highest BCUT2D eigenvalue weighted by molar-refractivity contribution is 5.79. The monoisotopic (exact) mass is 201 g/mol. The summed E-state index contributed by atoms with van der Waals surface area (Å²) < 4.78 is 0. The molecule has 0 spiro atoms. The normalized spacial score (nSPS) is 11.0. The molecule has 2 rings (SSSR count). The Morgan fingerprint density at radius 3 is 3.00 bits per heavy atom. The average molecular weight is 201 g/mol. The first-order valence-corrected chi connectivity index (χ1v) is 4.61. The quantitative estimate of drug-likeness (QED) is 0.742. The number of hydrogen-bond acceptors (Lipinski definition) is 3. The molecule has 0 bridgehead atoms. The number of nitrogens with one attached hydrogen (secondary N) is 1. The number of aliphatic hydroxyl groups is 1. The predicted octanol–water partition coefficient (Wildman–Crippen LogP) is 1.65. The number of aliphatic hydroxyl groups excluding tert-OH is 1. The van der Waals surface area contributed by atoms with Crippen LogP contribution in [0.4, 0.5) is 5.69 Å². The number of imidazole rings is 1. The molecule has 1 aromatic carbocycles. The van der Waals surface area contributed by atoms with Gasteiger partial charge in [0.1, 0.15) is 0 Å². The molecule has 0 atom stereocenters. The summed E-state index contributed by atoms with van der Waals surface area (Å²) >= 11 is 0. The first kappa shape index (κ1) is 9.61. The highest BCUT2D eigenvalue weighted by Gasteiger charge is 1.96. The van der Waals surface area contributed by atoms with Crippen LogP contribution in [0.25, 0.3) is 0 Å². The average Bonchev–Trinajstić information content (AvgIpc) is 2.79. The number of benzene rings is 1. The van der Waals surface area contributed by atoms with Gasteiger partial charge in [0.15, 0.2) is 0 Å². The van der Waals surface area contributed by atoms with E-state index in [1.165, 1.54) is 0 Å². The molecule has 15 heavy (non-hydrogen) atoms. The Bertz CT molecular complexity index is 449. The Morgan fingerprint density at radius 1 is 1.40 bits per heavy atom. The summed E-state index contributed by atoms with van der Waals surface area (Å²) in [5, 5.41) is 9.08. The second-order valence-corrected chi connectivity index (χ2v) is 3.05. The molecule has 0 saturated heterocycles. The minimum Gasteiger partial charge on any atom is -0.392 e. The third kappa shape index (κ3) is 2.30. The van der Waals surface area contributed by atoms with E-state index in [1.54, 1.807) is 18.7 Å². The van der Waals surface area contributed by atoms with E-state index in [1.807, 2.05) is 24.3 Å². The standard InChI is InChI=1S/C11H11N3O/c15-7-9-3-1-2-4-11(9)13-6-10-5-12-8-14-10/h1-6,8,15H,7H2,(H,12,14). The fourth-order valence-electron chi connectivity index (χ4n) is 1.25. The highest BCUT2D eigenvalue weighted by Crippen LogP contribution is 2.17. The summed E-state index contributed by atoms with van der Waals surface area (Å²) in [5.41, 5.74) is 2.42. The predicted molar refractivity (Wildman–Crippen MR) is 58.2 cm³/mol. The largest absolute Gasteiger partial charge is 0.392 e. The maximum Gasteiger partial charge on any atom is 0.0924 e. The van der Waals surface area contributed by atoms with Crippen LogP contribution >= 0.6 is 0 Å². The Balaban J connectivity index is 2.24. The van der Waals surface area contributed by atoms with Crippen molar-refractivity contribution >= 4 is 11.9 Å². The zero-order valence-corrected chi connectivity index (χ0v) is 8.09. The van der Waals surface area contributed by atoms with E-state index in [2.05, 4.69) is 15.0 Å². The third-order valence-electron chi connectivity index (χ3n) is 2.02. The lowest BCUT2D eigenvalue weighted by atomic mass is 10.2. The molecule has 0 fully saturated rings. The van der Waals surface area contributed by atoms with Gasteiger partial charge >= 0.3 is 0 Å². The van der Waals surface area contributed by atoms with E-state index in [-0.39, 0.29) is 6.61 Å². The van der Waals surface area contributed by atoms with Gasteiger partial charge in [-0.25, -0.2) is 4.98 Å². The Kier molecular flexibility index (Phi) is 2.90. The van der Waals surface area contributed by atoms with E-state index < -0.39 is 0 Å². The third-order valence-corrected chi connectivity index (χ3v) is 2.02. The van der Waals surface area contributed by atoms with Crippen LogP contribution in [0.3, 0.4) is 0 Å². The number of H-pyrrole nitrogens is 1. The summed E-state index contributed by atoms with van der Waals surface area (Å²) in [4.78, 5) is 11.1. The van der Waals surface area contributed by atoms with Crippen molar-refractivity contribution < 1.29 is 5.11 Å². The van der Waals surface area contributed by atoms with Gasteiger partial charge in [-0.2, -0.15) is 0 Å². The van der Waals surface area contributed by atoms with Crippen molar-refractivity contribution in [3.05, 3.63) is 48.0 Å². The second kappa shape index (κ2) is 4.52. The van der Waals surface area contributed by atoms with Crippen molar-refractivity contribution in [2.75, 3.05) is 0 Å². The molecule has 0 aliphatic heterocycles. The fourth-order valence-corrected chi connectivity index (χ4v) is 1.25. The van der Waals surface area contributed by atoms with Crippen molar-refractivity contribution in [2.24, 2.45) is 4.99 Å². The Morgan fingerprint density at radius 2 is 2.27 bits per heavy atom. The van der Waals surface area contributed by atoms with Crippen LogP contribution in [0.2, 0.25) is 0 Å². The van der Waals surface area contributed by atoms with Gasteiger partial charge in [-0.05, 0) is 6.07 Å². The lowest BCUT2D eigenvalue weighted by molar-refractivity contribution is 0.282. The molecule has 0 aliphatic carbocycles. The smallest absolute Gasteiger partial charge is 0.0924 e. The first-order chi connectivity index (χ1) is 7.40. The van der Waals surface area contributed by atoms with Crippen LogP contribution < -0.4 is 0 Å². The van der Waals surface area contributed by atoms with E-state index in [0.717, 1.165) is 16.9 Å². The summed E-state index contributed by atoms with van der Waals surface area (Å²) in [6.07, 6.45) is 4.96. The van der Waals surface area contributed by atoms with Crippen LogP contribution in [-0.2, 0) is 6.61 Å². The molecule has 4 heteroatoms. The van der Waals surface area contributed by atoms with Crippen molar-refractivity contribution in [2.45, 2.75) is 6.61 Å². The molecule has 0 aliphatic rings. The topological polar surface area (TPSA) is 61.3 Å². The second-order valence-electron chi connectivity index (χ2n) is 3.05. The number of aromatic amines is 1. The van der Waals surface area contributed by atoms with Crippen LogP contribution in [0.15, 0.2) is 41.8 Å². The van der Waals surface area contributed by atoms with Crippen molar-refractivity contribution in [3.8, 4) is 0 Å². The van der Waals surface area contributed by atoms with Gasteiger partial charge < -0.3 is 10.1 Å². The lowest BCUT2D eigenvalue weighted by Gasteiger charge is -1.99. The lowest BCUT2D eigenvalue weighted by Crippen LogP contribution is -1.84. The SMILES string of the molecule is OCc1ccccc1N=Cc1cnc[nH]1. The van der Waals surface area contributed by atoms with Gasteiger partial charge in [-0.15, -0.1) is 0 Å². The molecule has 1 aromatic heterocycles. The van der Waals surface area contributed by atoms with E-state index in [4.69, 9.17) is 5.11 Å². The number of aliphatic imine (C=N–C) groups is 1. The number of aromatic nitrogens is 2. The molecule has 0 saturated carbocycles. The minimum atomic E-state index is -0.00348. The van der Waals surface area contributed by atoms with Crippen molar-refractivity contribution in [1.29, 1.82) is 0 Å². The van der Waals surface area contributed by atoms with E-state index in [9.17, 15) is 0 Å². The van der Waals surface area contributed by atoms with E-state index >= 15 is 0 Å². The Hall–Kier alpha value is -1.94. The van der Waals surface area contributed by atoms with Crippen molar-refractivity contribution in [1.82, 2.24) is 9.97 Å². The molecule has 2 N–H and O–H groups in total. The molecule has 4 nitrogen and oxygen atoms in total. The highest BCUT2D eigenvalue weighted by atomic mass is 16.3. The van der Waals surface area contributed by atoms with Crippen molar-refractivity contribution in [3.63, 3.8) is 0 Å². The molecular weight excluding hydrogens is 190 g/mol. The molecule has 0 unspecified atom stereocenters. The summed E-state index contributed by atoms with van der Waals surface area (Å²) in [7, 11) is 0. The van der Waals surface area contributed by atoms with Crippen LogP contribution in [0.1, 0.15) is 11.3 Å². The molecule has 2 aromatic rings. The van der Waals surface area contributed by atoms with Gasteiger partial charge in [0, 0.05) is 5.56 Å².